The van der Waals surface area contributed by atoms with E-state index in [1.165, 1.54) is 6.42 Å². The van der Waals surface area contributed by atoms with Crippen molar-refractivity contribution in [3.05, 3.63) is 22.2 Å². The molecule has 0 atom stereocenters. The van der Waals surface area contributed by atoms with Crippen molar-refractivity contribution in [2.75, 3.05) is 11.9 Å². The van der Waals surface area contributed by atoms with Gasteiger partial charge in [0.1, 0.15) is 0 Å². The van der Waals surface area contributed by atoms with Crippen LogP contribution in [0.1, 0.15) is 32.1 Å². The zero-order valence-corrected chi connectivity index (χ0v) is 14.3. The summed E-state index contributed by atoms with van der Waals surface area (Å²) >= 11 is -1.97. The molecule has 0 amide bonds. The van der Waals surface area contributed by atoms with Gasteiger partial charge in [-0.25, -0.2) is 0 Å². The van der Waals surface area contributed by atoms with Gasteiger partial charge in [-0.2, -0.15) is 0 Å². The van der Waals surface area contributed by atoms with Crippen molar-refractivity contribution in [1.29, 1.82) is 0 Å². The van der Waals surface area contributed by atoms with Gasteiger partial charge < -0.3 is 0 Å². The Morgan fingerprint density at radius 1 is 1.32 bits per heavy atom. The van der Waals surface area contributed by atoms with Crippen LogP contribution in [-0.2, 0) is 0 Å². The van der Waals surface area contributed by atoms with Crippen molar-refractivity contribution in [2.24, 2.45) is 0 Å². The summed E-state index contributed by atoms with van der Waals surface area (Å²) in [5.41, 5.74) is -0.814. The maximum absolute atomic E-state index is 10.5. The Kier molecular flexibility index (Phi) is 4.10. The fraction of sp³-hybridized carbons (Fsp3) is 0.538. The van der Waals surface area contributed by atoms with E-state index in [0.717, 1.165) is 35.7 Å². The number of anilines is 1. The van der Waals surface area contributed by atoms with Crippen molar-refractivity contribution in [1.82, 2.24) is 13.3 Å². The molecule has 19 heavy (non-hydrogen) atoms. The number of aromatic nitrogens is 2. The van der Waals surface area contributed by atoms with Crippen molar-refractivity contribution < 1.29 is 5.11 Å². The molecule has 0 bridgehead atoms. The SMILES string of the molecule is OC1(Nc2ncc[c]([In]3[CH]=CC[NH]3)n2)CCCCC1. The van der Waals surface area contributed by atoms with E-state index in [9.17, 15) is 5.11 Å². The Labute approximate surface area is 121 Å². The molecule has 1 saturated carbocycles. The fourth-order valence-corrected chi connectivity index (χ4v) is 8.16. The number of hydrogen-bond donors (Lipinski definition) is 3. The van der Waals surface area contributed by atoms with E-state index in [2.05, 4.69) is 28.5 Å². The first-order valence-corrected chi connectivity index (χ1v) is 12.2. The molecule has 3 N–H and O–H groups in total. The predicted molar refractivity (Wildman–Crippen MR) is 76.2 cm³/mol. The summed E-state index contributed by atoms with van der Waals surface area (Å²) < 4.78 is 6.99. The van der Waals surface area contributed by atoms with Crippen molar-refractivity contribution in [3.63, 3.8) is 0 Å². The second kappa shape index (κ2) is 5.81. The standard InChI is InChI=1S/C10H14N3O.C3H5N.In/c14-10(5-2-1-3-6-10)13-9-11-7-4-8-12-9;1-2-3-4;/h4,7,14H,1-3,5-6H2,(H,11,12,13);1-2,4H,3H2;/q;-1;+1. The van der Waals surface area contributed by atoms with Gasteiger partial charge >= 0.3 is 121 Å². The van der Waals surface area contributed by atoms with E-state index < -0.39 is 27.5 Å². The molecule has 0 radical (unpaired) electrons. The molecule has 2 aliphatic rings. The molecule has 0 aromatic carbocycles. The van der Waals surface area contributed by atoms with Crippen LogP contribution in [0.4, 0.5) is 5.95 Å². The number of aliphatic hydroxyl groups is 1. The Balaban J connectivity index is 1.73. The van der Waals surface area contributed by atoms with Crippen LogP contribution in [0.5, 0.6) is 0 Å². The molecule has 0 spiro atoms. The Bertz CT molecular complexity index is 473. The van der Waals surface area contributed by atoms with Crippen molar-refractivity contribution >= 4 is 31.1 Å². The summed E-state index contributed by atoms with van der Waals surface area (Å²) in [6.45, 7) is 0.970. The van der Waals surface area contributed by atoms with E-state index in [1.807, 2.05) is 6.07 Å². The fourth-order valence-electron chi connectivity index (χ4n) is 2.75. The second-order valence-corrected chi connectivity index (χ2v) is 12.0. The third-order valence-corrected chi connectivity index (χ3v) is 10.3. The predicted octanol–water partition coefficient (Wildman–Crippen LogP) is 0.438. The van der Waals surface area contributed by atoms with E-state index in [0.29, 0.717) is 5.95 Å². The molecular formula is C13H19InN4O. The third kappa shape index (κ3) is 3.30. The molecule has 1 aromatic rings. The van der Waals surface area contributed by atoms with Gasteiger partial charge in [0.05, 0.1) is 0 Å². The van der Waals surface area contributed by atoms with Gasteiger partial charge in [-0.1, -0.05) is 0 Å². The zero-order valence-electron chi connectivity index (χ0n) is 11.0. The first-order chi connectivity index (χ1) is 9.25. The van der Waals surface area contributed by atoms with Gasteiger partial charge in [-0.15, -0.1) is 0 Å². The normalized spacial score (nSPS) is 21.6. The molecule has 2 heterocycles. The summed E-state index contributed by atoms with van der Waals surface area (Å²) in [4.78, 5) is 8.84. The topological polar surface area (TPSA) is 70.1 Å². The van der Waals surface area contributed by atoms with Crippen LogP contribution in [0.25, 0.3) is 0 Å². The average Bonchev–Trinajstić information content (AvgIpc) is 2.93. The Morgan fingerprint density at radius 3 is 2.89 bits per heavy atom. The van der Waals surface area contributed by atoms with Crippen molar-refractivity contribution in [2.45, 2.75) is 37.8 Å². The molecule has 1 aromatic heterocycles. The second-order valence-electron chi connectivity index (χ2n) is 5.34. The number of nitrogens with one attached hydrogen (secondary N) is 2. The van der Waals surface area contributed by atoms with E-state index in [1.54, 1.807) is 6.20 Å². The first kappa shape index (κ1) is 13.4. The molecule has 5 nitrogen and oxygen atoms in total. The number of rotatable bonds is 3. The van der Waals surface area contributed by atoms with Crippen LogP contribution in [0, 0.1) is 0 Å². The van der Waals surface area contributed by atoms with Crippen LogP contribution in [0.2, 0.25) is 0 Å². The minimum atomic E-state index is -1.97. The van der Waals surface area contributed by atoms with Crippen LogP contribution in [0.15, 0.2) is 22.2 Å². The molecule has 3 rings (SSSR count). The molecular weight excluding hydrogens is 343 g/mol. The summed E-state index contributed by atoms with van der Waals surface area (Å²) in [6, 6.07) is 2.00. The molecule has 0 unspecified atom stereocenters. The molecule has 1 aliphatic heterocycles. The van der Waals surface area contributed by atoms with Crippen LogP contribution in [0.3, 0.4) is 0 Å². The zero-order chi connectivity index (χ0) is 13.1. The van der Waals surface area contributed by atoms with Gasteiger partial charge in [-0.05, 0) is 0 Å². The summed E-state index contributed by atoms with van der Waals surface area (Å²) in [5, 5.41) is 13.6. The van der Waals surface area contributed by atoms with E-state index in [4.69, 9.17) is 0 Å². The third-order valence-electron chi connectivity index (χ3n) is 3.81. The van der Waals surface area contributed by atoms with Crippen LogP contribution >= 0.6 is 0 Å². The Hall–Kier alpha value is -0.590. The van der Waals surface area contributed by atoms with Gasteiger partial charge in [0.25, 0.3) is 0 Å². The number of nitrogens with zero attached hydrogens (tertiary/aromatic N) is 2. The van der Waals surface area contributed by atoms with E-state index in [-0.39, 0.29) is 0 Å². The Morgan fingerprint density at radius 2 is 2.16 bits per heavy atom. The summed E-state index contributed by atoms with van der Waals surface area (Å²) in [5.74, 6) is 0.570. The summed E-state index contributed by atoms with van der Waals surface area (Å²) in [6.07, 6.45) is 8.88. The molecule has 0 saturated heterocycles. The number of hydrogen-bond acceptors (Lipinski definition) is 5. The minimum absolute atomic E-state index is 0.570. The van der Waals surface area contributed by atoms with Crippen LogP contribution < -0.4 is 12.1 Å². The molecule has 1 fully saturated rings. The summed E-state index contributed by atoms with van der Waals surface area (Å²) in [7, 11) is 0. The van der Waals surface area contributed by atoms with Gasteiger partial charge in [0, 0.05) is 0 Å². The average molecular weight is 362 g/mol. The van der Waals surface area contributed by atoms with Crippen molar-refractivity contribution in [3.8, 4) is 0 Å². The van der Waals surface area contributed by atoms with E-state index >= 15 is 0 Å². The van der Waals surface area contributed by atoms with Gasteiger partial charge in [-0.3, -0.25) is 0 Å². The molecule has 6 heteroatoms. The van der Waals surface area contributed by atoms with Gasteiger partial charge in [0.2, 0.25) is 0 Å². The monoisotopic (exact) mass is 362 g/mol. The molecule has 100 valence electrons. The maximum atomic E-state index is 10.5. The van der Waals surface area contributed by atoms with Crippen LogP contribution in [-0.4, -0.2) is 49.1 Å². The van der Waals surface area contributed by atoms with Gasteiger partial charge in [0.15, 0.2) is 0 Å². The first-order valence-electron chi connectivity index (χ1n) is 6.99. The molecule has 1 aliphatic carbocycles. The quantitative estimate of drug-likeness (QED) is 0.681.